The van der Waals surface area contributed by atoms with Gasteiger partial charge in [-0.1, -0.05) is 66.4 Å². The first-order chi connectivity index (χ1) is 14.2. The van der Waals surface area contributed by atoms with Gasteiger partial charge >= 0.3 is 0 Å². The maximum absolute atomic E-state index is 13.1. The normalized spacial score (nSPS) is 14.5. The monoisotopic (exact) mass is 406 g/mol. The van der Waals surface area contributed by atoms with E-state index in [0.717, 1.165) is 36.9 Å². The lowest BCUT2D eigenvalue weighted by atomic mass is 10.00. The third kappa shape index (κ3) is 4.37. The number of aromatic nitrogens is 3. The molecule has 0 radical (unpaired) electrons. The van der Waals surface area contributed by atoms with Crippen LogP contribution in [0.15, 0.2) is 59.8 Å². The highest BCUT2D eigenvalue weighted by molar-refractivity contribution is 8.00. The van der Waals surface area contributed by atoms with Crippen LogP contribution in [0.4, 0.5) is 0 Å². The SMILES string of the molecule is CCn1c(Cc2ccccc2)nnc1SC(C)C(=O)N1CCc2ccccc2C1. The third-order valence-corrected chi connectivity index (χ3v) is 6.46. The average molecular weight is 407 g/mol. The van der Waals surface area contributed by atoms with E-state index in [0.29, 0.717) is 6.54 Å². The molecule has 0 N–H and O–H groups in total. The Hall–Kier alpha value is -2.60. The van der Waals surface area contributed by atoms with Crippen molar-refractivity contribution in [2.75, 3.05) is 6.54 Å². The third-order valence-electron chi connectivity index (χ3n) is 5.39. The van der Waals surface area contributed by atoms with E-state index in [1.165, 1.54) is 28.5 Å². The maximum Gasteiger partial charge on any atom is 0.236 e. The number of amides is 1. The molecule has 0 saturated carbocycles. The van der Waals surface area contributed by atoms with Crippen LogP contribution in [0.25, 0.3) is 0 Å². The second kappa shape index (κ2) is 8.82. The Labute approximate surface area is 176 Å². The summed E-state index contributed by atoms with van der Waals surface area (Å²) in [5.41, 5.74) is 3.82. The van der Waals surface area contributed by atoms with Gasteiger partial charge in [-0.15, -0.1) is 10.2 Å². The molecule has 1 amide bonds. The molecule has 6 heteroatoms. The van der Waals surface area contributed by atoms with E-state index in [4.69, 9.17) is 0 Å². The van der Waals surface area contributed by atoms with Crippen LogP contribution in [0.2, 0.25) is 0 Å². The van der Waals surface area contributed by atoms with Crippen molar-refractivity contribution in [1.29, 1.82) is 0 Å². The summed E-state index contributed by atoms with van der Waals surface area (Å²) in [5, 5.41) is 9.42. The van der Waals surface area contributed by atoms with Gasteiger partial charge in [0.15, 0.2) is 5.16 Å². The summed E-state index contributed by atoms with van der Waals surface area (Å²) >= 11 is 1.51. The Morgan fingerprint density at radius 3 is 2.55 bits per heavy atom. The maximum atomic E-state index is 13.1. The number of carbonyl (C=O) groups is 1. The molecule has 1 aliphatic heterocycles. The van der Waals surface area contributed by atoms with Crippen LogP contribution in [0.3, 0.4) is 0 Å². The number of rotatable bonds is 6. The molecule has 0 aliphatic carbocycles. The van der Waals surface area contributed by atoms with Gasteiger partial charge in [0.1, 0.15) is 5.82 Å². The van der Waals surface area contributed by atoms with E-state index in [1.807, 2.05) is 36.1 Å². The van der Waals surface area contributed by atoms with Crippen LogP contribution < -0.4 is 0 Å². The first-order valence-electron chi connectivity index (χ1n) is 10.1. The van der Waals surface area contributed by atoms with Crippen molar-refractivity contribution in [3.05, 3.63) is 77.1 Å². The first-order valence-corrected chi connectivity index (χ1v) is 11.0. The van der Waals surface area contributed by atoms with Crippen LogP contribution in [0.5, 0.6) is 0 Å². The van der Waals surface area contributed by atoms with Crippen molar-refractivity contribution in [2.24, 2.45) is 0 Å². The molecule has 2 heterocycles. The highest BCUT2D eigenvalue weighted by atomic mass is 32.2. The molecule has 1 aromatic heterocycles. The molecule has 0 fully saturated rings. The van der Waals surface area contributed by atoms with Crippen molar-refractivity contribution >= 4 is 17.7 Å². The zero-order valence-corrected chi connectivity index (χ0v) is 17.7. The molecule has 1 aliphatic rings. The lowest BCUT2D eigenvalue weighted by Crippen LogP contribution is -2.40. The fraction of sp³-hybridized carbons (Fsp3) is 0.348. The second-order valence-corrected chi connectivity index (χ2v) is 8.65. The van der Waals surface area contributed by atoms with Crippen molar-refractivity contribution in [3.8, 4) is 0 Å². The minimum absolute atomic E-state index is 0.166. The van der Waals surface area contributed by atoms with E-state index in [1.54, 1.807) is 0 Å². The van der Waals surface area contributed by atoms with E-state index in [9.17, 15) is 4.79 Å². The van der Waals surface area contributed by atoms with Gasteiger partial charge in [0.25, 0.3) is 0 Å². The summed E-state index contributed by atoms with van der Waals surface area (Å²) < 4.78 is 2.12. The molecule has 1 unspecified atom stereocenters. The van der Waals surface area contributed by atoms with Gasteiger partial charge in [-0.3, -0.25) is 4.79 Å². The molecule has 0 bridgehead atoms. The van der Waals surface area contributed by atoms with Gasteiger partial charge in [-0.25, -0.2) is 0 Å². The minimum atomic E-state index is -0.195. The van der Waals surface area contributed by atoms with Crippen LogP contribution in [0, 0.1) is 0 Å². The molecule has 29 heavy (non-hydrogen) atoms. The molecule has 0 saturated heterocycles. The fourth-order valence-electron chi connectivity index (χ4n) is 3.78. The van der Waals surface area contributed by atoms with Gasteiger partial charge in [0, 0.05) is 26.1 Å². The van der Waals surface area contributed by atoms with Crippen LogP contribution in [0.1, 0.15) is 36.4 Å². The van der Waals surface area contributed by atoms with Gasteiger partial charge in [-0.2, -0.15) is 0 Å². The Bertz CT molecular complexity index is 986. The highest BCUT2D eigenvalue weighted by Gasteiger charge is 2.27. The van der Waals surface area contributed by atoms with Gasteiger partial charge in [0.2, 0.25) is 5.91 Å². The number of hydrogen-bond donors (Lipinski definition) is 0. The smallest absolute Gasteiger partial charge is 0.236 e. The lowest BCUT2D eigenvalue weighted by molar-refractivity contribution is -0.131. The predicted molar refractivity (Wildman–Crippen MR) is 116 cm³/mol. The summed E-state index contributed by atoms with van der Waals surface area (Å²) in [5.74, 6) is 1.10. The Kier molecular flexibility index (Phi) is 6.00. The Morgan fingerprint density at radius 2 is 1.79 bits per heavy atom. The molecule has 1 atom stereocenters. The summed E-state index contributed by atoms with van der Waals surface area (Å²) in [7, 11) is 0. The largest absolute Gasteiger partial charge is 0.337 e. The zero-order chi connectivity index (χ0) is 20.2. The zero-order valence-electron chi connectivity index (χ0n) is 16.9. The Morgan fingerprint density at radius 1 is 1.07 bits per heavy atom. The van der Waals surface area contributed by atoms with E-state index in [2.05, 4.69) is 52.0 Å². The van der Waals surface area contributed by atoms with Gasteiger partial charge in [0.05, 0.1) is 5.25 Å². The van der Waals surface area contributed by atoms with E-state index < -0.39 is 0 Å². The summed E-state index contributed by atoms with van der Waals surface area (Å²) in [6.45, 7) is 6.32. The molecule has 2 aromatic carbocycles. The standard InChI is InChI=1S/C23H26N4OS/c1-3-27-21(15-18-9-5-4-6-10-18)24-25-23(27)29-17(2)22(28)26-14-13-19-11-7-8-12-20(19)16-26/h4-12,17H,3,13-16H2,1-2H3. The average Bonchev–Trinajstić information content (AvgIpc) is 3.14. The number of hydrogen-bond acceptors (Lipinski definition) is 4. The Balaban J connectivity index is 1.44. The lowest BCUT2D eigenvalue weighted by Gasteiger charge is -2.30. The molecule has 150 valence electrons. The number of fused-ring (bicyclic) bond motifs is 1. The molecular formula is C23H26N4OS. The minimum Gasteiger partial charge on any atom is -0.337 e. The molecule has 0 spiro atoms. The van der Waals surface area contributed by atoms with E-state index in [-0.39, 0.29) is 11.2 Å². The highest BCUT2D eigenvalue weighted by Crippen LogP contribution is 2.27. The van der Waals surface area contributed by atoms with Crippen molar-refractivity contribution in [2.45, 2.75) is 50.2 Å². The number of benzene rings is 2. The topological polar surface area (TPSA) is 51.0 Å². The molecular weight excluding hydrogens is 380 g/mol. The predicted octanol–water partition coefficient (Wildman–Crippen LogP) is 3.95. The molecule has 5 nitrogen and oxygen atoms in total. The van der Waals surface area contributed by atoms with Gasteiger partial charge in [-0.05, 0) is 37.0 Å². The number of carbonyl (C=O) groups excluding carboxylic acids is 1. The molecule has 4 rings (SSSR count). The second-order valence-electron chi connectivity index (χ2n) is 7.34. The van der Waals surface area contributed by atoms with Crippen molar-refractivity contribution in [1.82, 2.24) is 19.7 Å². The fourth-order valence-corrected chi connectivity index (χ4v) is 4.80. The van der Waals surface area contributed by atoms with E-state index >= 15 is 0 Å². The molecule has 3 aromatic rings. The summed E-state index contributed by atoms with van der Waals surface area (Å²) in [6.07, 6.45) is 1.67. The van der Waals surface area contributed by atoms with Crippen molar-refractivity contribution < 1.29 is 4.79 Å². The summed E-state index contributed by atoms with van der Waals surface area (Å²) in [6, 6.07) is 18.7. The number of nitrogens with zero attached hydrogens (tertiary/aromatic N) is 4. The summed E-state index contributed by atoms with van der Waals surface area (Å²) in [4.78, 5) is 15.0. The van der Waals surface area contributed by atoms with Crippen LogP contribution in [-0.4, -0.2) is 37.4 Å². The quantitative estimate of drug-likeness (QED) is 0.582. The van der Waals surface area contributed by atoms with Crippen molar-refractivity contribution in [3.63, 3.8) is 0 Å². The van der Waals surface area contributed by atoms with Crippen LogP contribution in [-0.2, 0) is 30.7 Å². The number of thioether (sulfide) groups is 1. The van der Waals surface area contributed by atoms with Crippen LogP contribution >= 0.6 is 11.8 Å². The van der Waals surface area contributed by atoms with Gasteiger partial charge < -0.3 is 9.47 Å². The first kappa shape index (κ1) is 19.7.